The van der Waals surface area contributed by atoms with Crippen LogP contribution in [0.2, 0.25) is 0 Å². The quantitative estimate of drug-likeness (QED) is 0.0598. The van der Waals surface area contributed by atoms with Gasteiger partial charge in [0.05, 0.1) is 34.1 Å². The molecule has 0 radical (unpaired) electrons. The summed E-state index contributed by atoms with van der Waals surface area (Å²) in [5.41, 5.74) is 38.6. The van der Waals surface area contributed by atoms with E-state index in [1.165, 1.54) is 117 Å². The van der Waals surface area contributed by atoms with Crippen molar-refractivity contribution in [1.29, 1.82) is 0 Å². The van der Waals surface area contributed by atoms with Crippen LogP contribution < -0.4 is 19.6 Å². The molecule has 4 nitrogen and oxygen atoms in total. The van der Waals surface area contributed by atoms with Crippen molar-refractivity contribution in [3.8, 4) is 100 Å². The minimum atomic E-state index is 0.256. The van der Waals surface area contributed by atoms with E-state index in [9.17, 15) is 0 Å². The number of benzene rings is 12. The van der Waals surface area contributed by atoms with E-state index in [1.54, 1.807) is 68.0 Å². The van der Waals surface area contributed by atoms with E-state index in [1.807, 2.05) is 0 Å². The minimum Gasteiger partial charge on any atom is -0.309 e. The van der Waals surface area contributed by atoms with Crippen LogP contribution in [0, 0.1) is 0 Å². The van der Waals surface area contributed by atoms with Crippen LogP contribution >= 0.6 is 68.0 Å². The molecular formula is C105H84N4S6. The van der Waals surface area contributed by atoms with Crippen molar-refractivity contribution in [2.45, 2.75) is 59.3 Å². The lowest BCUT2D eigenvalue weighted by molar-refractivity contribution is 0.866. The first-order chi connectivity index (χ1) is 56.6. The van der Waals surface area contributed by atoms with Gasteiger partial charge < -0.3 is 19.6 Å². The van der Waals surface area contributed by atoms with Crippen LogP contribution in [0.15, 0.2) is 374 Å². The Morgan fingerprint density at radius 1 is 0.165 bits per heavy atom. The second kappa shape index (κ2) is 33.2. The minimum absolute atomic E-state index is 0.256. The van der Waals surface area contributed by atoms with Crippen LogP contribution in [-0.4, -0.2) is 0 Å². The highest BCUT2D eigenvalue weighted by Gasteiger charge is 2.30. The van der Waals surface area contributed by atoms with Crippen molar-refractivity contribution in [3.05, 3.63) is 391 Å². The van der Waals surface area contributed by atoms with Crippen molar-refractivity contribution < 1.29 is 0 Å². The lowest BCUT2D eigenvalue weighted by atomic mass is 9.89. The maximum Gasteiger partial charge on any atom is 0.0647 e. The summed E-state index contributed by atoms with van der Waals surface area (Å²) in [6.45, 7) is 14.0. The number of thiophene rings is 6. The number of hydrogen-bond acceptors (Lipinski definition) is 10. The highest BCUT2D eigenvalue weighted by molar-refractivity contribution is 7.10. The van der Waals surface area contributed by atoms with Gasteiger partial charge in [-0.15, -0.1) is 34.0 Å². The van der Waals surface area contributed by atoms with E-state index in [2.05, 4.69) is 435 Å². The lowest BCUT2D eigenvalue weighted by Gasteiger charge is -2.33. The second-order valence-electron chi connectivity index (χ2n) is 30.0. The number of rotatable bonds is 24. The Labute approximate surface area is 700 Å². The standard InChI is InChI=1S/C105H84N4S6/c1-70(2)79-49-52-100(88(55-79)97-64-110-58-91(97)73-37-43-76(44-38-73)94-61-113-67-103(94)106(82-25-13-7-14-26-82)83-27-15-8-16-28-83)109(101-53-50-80(71(3)4)56-89(101)98-65-111-59-92(98)74-39-45-77(46-40-74)95-62-114-68-104(95)107(84-29-17-9-18-30-84)85-31-19-10-20-32-85)102-54-51-81(72(5)6)57-90(102)99-66-112-60-93(99)75-41-47-78(48-42-75)96-63-115-69-105(96)108(86-33-21-11-22-34-86)87-35-23-12-24-36-87/h7-72H,1-6H3. The molecule has 12 aromatic carbocycles. The SMILES string of the molecule is CC(C)c1ccc(N(c2ccc(C(C)C)cc2-c2cscc2-c2ccc(-c3cscc3N(c3ccccc3)c3ccccc3)cc2)c2ccc(C(C)C)cc2-c2cscc2-c2ccc(-c3cscc3N(c3ccccc3)c3ccccc3)cc2)c(-c2cscc2-c2ccc(-c3cscc3N(c3ccccc3)c3ccccc3)cc2)c1. The molecule has 18 rings (SSSR count). The van der Waals surface area contributed by atoms with Crippen molar-refractivity contribution in [2.24, 2.45) is 0 Å². The molecule has 0 bridgehead atoms. The predicted molar refractivity (Wildman–Crippen MR) is 504 cm³/mol. The predicted octanol–water partition coefficient (Wildman–Crippen LogP) is 34.3. The van der Waals surface area contributed by atoms with E-state index >= 15 is 0 Å². The molecule has 0 aliphatic rings. The number of hydrogen-bond donors (Lipinski definition) is 0. The number of para-hydroxylation sites is 6. The molecule has 6 aromatic heterocycles. The Hall–Kier alpha value is -12.0. The molecule has 0 N–H and O–H groups in total. The van der Waals surface area contributed by atoms with Gasteiger partial charge in [-0.2, -0.15) is 34.0 Å². The van der Waals surface area contributed by atoms with Crippen LogP contribution in [0.4, 0.5) is 68.2 Å². The summed E-state index contributed by atoms with van der Waals surface area (Å²) in [6.07, 6.45) is 0. The van der Waals surface area contributed by atoms with Gasteiger partial charge in [-0.1, -0.05) is 242 Å². The molecule has 0 amide bonds. The van der Waals surface area contributed by atoms with Crippen LogP contribution in [0.1, 0.15) is 76.0 Å². The van der Waals surface area contributed by atoms with Crippen LogP contribution in [-0.2, 0) is 0 Å². The summed E-state index contributed by atoms with van der Waals surface area (Å²) in [6, 6.07) is 114. The summed E-state index contributed by atoms with van der Waals surface area (Å²) in [7, 11) is 0. The van der Waals surface area contributed by atoms with Crippen LogP contribution in [0.3, 0.4) is 0 Å². The average molecular weight is 1590 g/mol. The van der Waals surface area contributed by atoms with Crippen LogP contribution in [0.5, 0.6) is 0 Å². The van der Waals surface area contributed by atoms with E-state index < -0.39 is 0 Å². The lowest BCUT2D eigenvalue weighted by Crippen LogP contribution is -2.15. The van der Waals surface area contributed by atoms with Gasteiger partial charge in [0.25, 0.3) is 0 Å². The Bertz CT molecular complexity index is 5580. The van der Waals surface area contributed by atoms with Gasteiger partial charge in [-0.25, -0.2) is 0 Å². The largest absolute Gasteiger partial charge is 0.309 e. The highest BCUT2D eigenvalue weighted by atomic mass is 32.1. The maximum absolute atomic E-state index is 2.65. The third kappa shape index (κ3) is 15.0. The summed E-state index contributed by atoms with van der Waals surface area (Å²) < 4.78 is 0. The zero-order valence-electron chi connectivity index (χ0n) is 64.8. The highest BCUT2D eigenvalue weighted by Crippen LogP contribution is 2.55. The van der Waals surface area contributed by atoms with Crippen LogP contribution in [0.25, 0.3) is 100 Å². The fraction of sp³-hybridized carbons (Fsp3) is 0.0857. The van der Waals surface area contributed by atoms with Gasteiger partial charge >= 0.3 is 0 Å². The van der Waals surface area contributed by atoms with Gasteiger partial charge in [0, 0.05) is 133 Å². The summed E-state index contributed by atoms with van der Waals surface area (Å²) in [5, 5.41) is 28.0. The van der Waals surface area contributed by atoms with Crippen molar-refractivity contribution in [3.63, 3.8) is 0 Å². The van der Waals surface area contributed by atoms with Gasteiger partial charge in [0.15, 0.2) is 0 Å². The number of anilines is 12. The molecule has 560 valence electrons. The molecule has 0 aliphatic heterocycles. The third-order valence-corrected chi connectivity index (χ3v) is 26.3. The second-order valence-corrected chi connectivity index (χ2v) is 34.5. The molecule has 0 fully saturated rings. The molecule has 0 unspecified atom stereocenters. The van der Waals surface area contributed by atoms with Crippen molar-refractivity contribution >= 4 is 136 Å². The maximum atomic E-state index is 2.65. The molecule has 18 aromatic rings. The van der Waals surface area contributed by atoms with E-state index in [4.69, 9.17) is 0 Å². The zero-order valence-corrected chi connectivity index (χ0v) is 69.7. The summed E-state index contributed by atoms with van der Waals surface area (Å²) in [4.78, 5) is 9.79. The van der Waals surface area contributed by atoms with E-state index in [-0.39, 0.29) is 17.8 Å². The zero-order chi connectivity index (χ0) is 77.9. The molecule has 115 heavy (non-hydrogen) atoms. The van der Waals surface area contributed by atoms with Crippen molar-refractivity contribution in [2.75, 3.05) is 19.6 Å². The monoisotopic (exact) mass is 1590 g/mol. The van der Waals surface area contributed by atoms with Gasteiger partial charge in [0.2, 0.25) is 0 Å². The third-order valence-electron chi connectivity index (χ3n) is 21.9. The summed E-state index contributed by atoms with van der Waals surface area (Å²) >= 11 is 10.5. The first kappa shape index (κ1) is 74.5. The fourth-order valence-corrected chi connectivity index (χ4v) is 20.9. The molecule has 0 aliphatic carbocycles. The first-order valence-corrected chi connectivity index (χ1v) is 44.9. The average Bonchev–Trinajstić information content (AvgIpc) is 1.72. The smallest absolute Gasteiger partial charge is 0.0647 e. The molecule has 10 heteroatoms. The Balaban J connectivity index is 0.793. The molecule has 0 saturated carbocycles. The molecular weight excluding hydrogens is 1510 g/mol. The van der Waals surface area contributed by atoms with Crippen molar-refractivity contribution in [1.82, 2.24) is 0 Å². The summed E-state index contributed by atoms with van der Waals surface area (Å²) in [5.74, 6) is 0.767. The molecule has 6 heterocycles. The molecule has 0 saturated heterocycles. The molecule has 0 spiro atoms. The number of nitrogens with zero attached hydrogens (tertiary/aromatic N) is 4. The normalized spacial score (nSPS) is 11.5. The van der Waals surface area contributed by atoms with Gasteiger partial charge in [-0.05, 0) is 209 Å². The Kier molecular flexibility index (Phi) is 21.5. The Morgan fingerprint density at radius 3 is 0.574 bits per heavy atom. The van der Waals surface area contributed by atoms with E-state index in [0.717, 1.165) is 68.2 Å². The topological polar surface area (TPSA) is 13.0 Å². The van der Waals surface area contributed by atoms with Gasteiger partial charge in [0.1, 0.15) is 0 Å². The Morgan fingerprint density at radius 2 is 0.357 bits per heavy atom. The first-order valence-electron chi connectivity index (χ1n) is 39.2. The fourth-order valence-electron chi connectivity index (χ4n) is 15.8. The van der Waals surface area contributed by atoms with E-state index in [0.29, 0.717) is 0 Å². The molecule has 0 atom stereocenters. The van der Waals surface area contributed by atoms with Gasteiger partial charge in [-0.3, -0.25) is 0 Å².